The topological polar surface area (TPSA) is 83.5 Å². The van der Waals surface area contributed by atoms with Gasteiger partial charge >= 0.3 is 6.18 Å². The Labute approximate surface area is 199 Å². The third-order valence-electron chi connectivity index (χ3n) is 5.21. The number of ether oxygens (including phenoxy) is 1. The molecule has 1 fully saturated rings. The highest BCUT2D eigenvalue weighted by Crippen LogP contribution is 2.41. The van der Waals surface area contributed by atoms with Gasteiger partial charge < -0.3 is 20.7 Å². The number of aliphatic imine (C=N–C) groups is 1. The molecule has 0 spiro atoms. The number of guanidine groups is 1. The van der Waals surface area contributed by atoms with E-state index >= 15 is 0 Å². The van der Waals surface area contributed by atoms with E-state index in [0.717, 1.165) is 57.8 Å². The molecule has 1 aromatic heterocycles. The van der Waals surface area contributed by atoms with E-state index in [9.17, 15) is 13.2 Å². The summed E-state index contributed by atoms with van der Waals surface area (Å²) in [5.74, 6) is 0.654. The van der Waals surface area contributed by atoms with Crippen LogP contribution in [0.1, 0.15) is 51.6 Å². The third kappa shape index (κ3) is 9.75. The number of hydrogen-bond donors (Lipinski definition) is 3. The zero-order chi connectivity index (χ0) is 21.9. The molecule has 7 nitrogen and oxygen atoms in total. The van der Waals surface area contributed by atoms with Gasteiger partial charge in [0.05, 0.1) is 0 Å². The lowest BCUT2D eigenvalue weighted by atomic mass is 9.83. The highest BCUT2D eigenvalue weighted by atomic mass is 127. The van der Waals surface area contributed by atoms with Crippen molar-refractivity contribution in [1.29, 1.82) is 0 Å². The molecule has 178 valence electrons. The summed E-state index contributed by atoms with van der Waals surface area (Å²) in [7, 11) is 0. The summed E-state index contributed by atoms with van der Waals surface area (Å²) in [5, 5.41) is 9.24. The first-order chi connectivity index (χ1) is 14.4. The maximum atomic E-state index is 12.7. The number of nitrogens with one attached hydrogen (secondary N) is 3. The van der Waals surface area contributed by atoms with Gasteiger partial charge in [-0.25, -0.2) is 9.97 Å². The number of aromatic nitrogens is 2. The minimum atomic E-state index is -4.49. The smallest absolute Gasteiger partial charge is 0.382 e. The van der Waals surface area contributed by atoms with Gasteiger partial charge in [0.15, 0.2) is 5.96 Å². The highest BCUT2D eigenvalue weighted by molar-refractivity contribution is 14.0. The van der Waals surface area contributed by atoms with Gasteiger partial charge in [0, 0.05) is 45.6 Å². The molecule has 0 saturated heterocycles. The van der Waals surface area contributed by atoms with E-state index in [4.69, 9.17) is 9.73 Å². The van der Waals surface area contributed by atoms with Crippen molar-refractivity contribution in [3.8, 4) is 0 Å². The van der Waals surface area contributed by atoms with Crippen molar-refractivity contribution < 1.29 is 17.9 Å². The summed E-state index contributed by atoms with van der Waals surface area (Å²) in [5.41, 5.74) is -0.765. The second-order valence-electron chi connectivity index (χ2n) is 7.47. The van der Waals surface area contributed by atoms with E-state index in [1.54, 1.807) is 0 Å². The second kappa shape index (κ2) is 13.9. The molecule has 1 aliphatic rings. The lowest BCUT2D eigenvalue weighted by molar-refractivity contribution is -0.141. The van der Waals surface area contributed by atoms with Crippen molar-refractivity contribution in [1.82, 2.24) is 20.6 Å². The Hall–Kier alpha value is -1.37. The molecule has 3 N–H and O–H groups in total. The molecule has 0 atom stereocenters. The predicted octanol–water partition coefficient (Wildman–Crippen LogP) is 4.07. The summed E-state index contributed by atoms with van der Waals surface area (Å²) >= 11 is 0. The van der Waals surface area contributed by atoms with Gasteiger partial charge in [0.1, 0.15) is 5.69 Å². The van der Waals surface area contributed by atoms with Crippen LogP contribution < -0.4 is 16.0 Å². The fourth-order valence-corrected chi connectivity index (χ4v) is 3.59. The maximum Gasteiger partial charge on any atom is 0.433 e. The molecular weight excluding hydrogens is 524 g/mol. The third-order valence-corrected chi connectivity index (χ3v) is 5.21. The number of anilines is 1. The van der Waals surface area contributed by atoms with E-state index in [-0.39, 0.29) is 35.3 Å². The molecule has 1 aromatic rings. The molecule has 11 heteroatoms. The second-order valence-corrected chi connectivity index (χ2v) is 7.47. The lowest BCUT2D eigenvalue weighted by Gasteiger charge is -2.27. The number of nitrogens with zero attached hydrogens (tertiary/aromatic N) is 3. The Bertz CT molecular complexity index is 669. The van der Waals surface area contributed by atoms with Crippen molar-refractivity contribution in [3.05, 3.63) is 18.0 Å². The molecule has 0 radical (unpaired) electrons. The summed E-state index contributed by atoms with van der Waals surface area (Å²) in [4.78, 5) is 12.1. The molecule has 0 bridgehead atoms. The number of alkyl halides is 3. The van der Waals surface area contributed by atoms with Crippen LogP contribution in [0.15, 0.2) is 17.3 Å². The standard InChI is InChI=1S/C20H33F3N6O.HI/c1-3-24-17(28-15-19(8-5-6-9-19)10-14-30-4-2)26-12-13-27-18-25-11-7-16(29-18)20(21,22)23;/h7,11H,3-6,8-10,12-15H2,1-2H3,(H2,24,26,28)(H,25,27,29);1H. The van der Waals surface area contributed by atoms with Crippen molar-refractivity contribution in [3.63, 3.8) is 0 Å². The molecule has 0 aliphatic heterocycles. The van der Waals surface area contributed by atoms with Crippen LogP contribution in [0.2, 0.25) is 0 Å². The molecule has 0 amide bonds. The van der Waals surface area contributed by atoms with Gasteiger partial charge in [-0.05, 0) is 44.6 Å². The van der Waals surface area contributed by atoms with Crippen LogP contribution in [0.3, 0.4) is 0 Å². The van der Waals surface area contributed by atoms with Crippen LogP contribution in [-0.4, -0.2) is 55.3 Å². The van der Waals surface area contributed by atoms with Crippen LogP contribution in [-0.2, 0) is 10.9 Å². The summed E-state index contributed by atoms with van der Waals surface area (Å²) < 4.78 is 43.7. The van der Waals surface area contributed by atoms with E-state index in [1.165, 1.54) is 12.8 Å². The van der Waals surface area contributed by atoms with E-state index < -0.39 is 11.9 Å². The maximum absolute atomic E-state index is 12.7. The van der Waals surface area contributed by atoms with Crippen molar-refractivity contribution in [2.24, 2.45) is 10.4 Å². The average Bonchev–Trinajstić information content (AvgIpc) is 3.18. The van der Waals surface area contributed by atoms with Crippen LogP contribution >= 0.6 is 24.0 Å². The first kappa shape index (κ1) is 27.7. The van der Waals surface area contributed by atoms with E-state index in [2.05, 4.69) is 25.9 Å². The Morgan fingerprint density at radius 3 is 2.58 bits per heavy atom. The van der Waals surface area contributed by atoms with Gasteiger partial charge in [-0.15, -0.1) is 24.0 Å². The fourth-order valence-electron chi connectivity index (χ4n) is 3.59. The molecule has 2 rings (SSSR count). The van der Waals surface area contributed by atoms with Gasteiger partial charge in [0.25, 0.3) is 0 Å². The van der Waals surface area contributed by atoms with Crippen LogP contribution in [0.5, 0.6) is 0 Å². The largest absolute Gasteiger partial charge is 0.433 e. The quantitative estimate of drug-likeness (QED) is 0.165. The normalized spacial score (nSPS) is 16.0. The molecule has 31 heavy (non-hydrogen) atoms. The molecule has 0 aromatic carbocycles. The van der Waals surface area contributed by atoms with Gasteiger partial charge in [-0.3, -0.25) is 4.99 Å². The van der Waals surface area contributed by atoms with Crippen LogP contribution in [0.4, 0.5) is 19.1 Å². The Morgan fingerprint density at radius 1 is 1.19 bits per heavy atom. The average molecular weight is 558 g/mol. The molecule has 1 heterocycles. The van der Waals surface area contributed by atoms with Crippen molar-refractivity contribution in [2.75, 3.05) is 44.7 Å². The van der Waals surface area contributed by atoms with Gasteiger partial charge in [0.2, 0.25) is 5.95 Å². The van der Waals surface area contributed by atoms with Crippen molar-refractivity contribution >= 4 is 35.9 Å². The Morgan fingerprint density at radius 2 is 1.94 bits per heavy atom. The number of halogens is 4. The predicted molar refractivity (Wildman–Crippen MR) is 127 cm³/mol. The van der Waals surface area contributed by atoms with Crippen LogP contribution in [0.25, 0.3) is 0 Å². The highest BCUT2D eigenvalue weighted by Gasteiger charge is 2.34. The summed E-state index contributed by atoms with van der Waals surface area (Å²) in [6, 6.07) is 0.851. The minimum absolute atomic E-state index is 0. The van der Waals surface area contributed by atoms with Crippen LogP contribution in [0, 0.1) is 5.41 Å². The van der Waals surface area contributed by atoms with E-state index in [0.29, 0.717) is 19.0 Å². The number of hydrogen-bond acceptors (Lipinski definition) is 5. The lowest BCUT2D eigenvalue weighted by Crippen LogP contribution is -2.40. The molecule has 0 unspecified atom stereocenters. The fraction of sp³-hybridized carbons (Fsp3) is 0.750. The first-order valence-electron chi connectivity index (χ1n) is 10.6. The first-order valence-corrected chi connectivity index (χ1v) is 10.6. The molecular formula is C20H34F3IN6O. The zero-order valence-corrected chi connectivity index (χ0v) is 20.6. The monoisotopic (exact) mass is 558 g/mol. The zero-order valence-electron chi connectivity index (χ0n) is 18.2. The van der Waals surface area contributed by atoms with Crippen molar-refractivity contribution in [2.45, 2.75) is 52.1 Å². The molecule has 1 aliphatic carbocycles. The van der Waals surface area contributed by atoms with Gasteiger partial charge in [-0.1, -0.05) is 12.8 Å². The minimum Gasteiger partial charge on any atom is -0.382 e. The summed E-state index contributed by atoms with van der Waals surface area (Å²) in [6.45, 7) is 7.78. The Kier molecular flexibility index (Phi) is 12.4. The number of rotatable bonds is 11. The SMILES string of the molecule is CCNC(=NCC1(CCOCC)CCCC1)NCCNc1nccc(C(F)(F)F)n1.I. The Balaban J connectivity index is 0.00000480. The summed E-state index contributed by atoms with van der Waals surface area (Å²) in [6.07, 6.45) is 2.41. The van der Waals surface area contributed by atoms with Gasteiger partial charge in [-0.2, -0.15) is 13.2 Å². The van der Waals surface area contributed by atoms with E-state index in [1.807, 2.05) is 13.8 Å². The molecule has 1 saturated carbocycles.